The number of aromatic hydroxyl groups is 1. The van der Waals surface area contributed by atoms with Crippen molar-refractivity contribution in [2.75, 3.05) is 27.7 Å². The molecule has 0 aliphatic rings. The van der Waals surface area contributed by atoms with Gasteiger partial charge in [0.1, 0.15) is 11.3 Å². The van der Waals surface area contributed by atoms with E-state index in [0.717, 1.165) is 11.3 Å². The lowest BCUT2D eigenvalue weighted by atomic mass is 10.1. The van der Waals surface area contributed by atoms with E-state index >= 15 is 0 Å². The molecule has 152 valence electrons. The van der Waals surface area contributed by atoms with E-state index in [0.29, 0.717) is 24.4 Å². The predicted octanol–water partition coefficient (Wildman–Crippen LogP) is 2.86. The van der Waals surface area contributed by atoms with Gasteiger partial charge in [0, 0.05) is 19.3 Å². The summed E-state index contributed by atoms with van der Waals surface area (Å²) in [6.45, 7) is 5.06. The van der Waals surface area contributed by atoms with Crippen molar-refractivity contribution in [3.05, 3.63) is 50.5 Å². The molecule has 0 aliphatic carbocycles. The molecule has 0 saturated carbocycles. The Bertz CT molecular complexity index is 946. The summed E-state index contributed by atoms with van der Waals surface area (Å²) in [4.78, 5) is 19.2. The molecule has 2 rings (SSSR count). The van der Waals surface area contributed by atoms with E-state index in [2.05, 4.69) is 9.89 Å². The topological polar surface area (TPSA) is 72.0 Å². The number of likely N-dealkylation sites (N-methyl/N-ethyl adjacent to an activating group) is 1. The smallest absolute Gasteiger partial charge is 0.267 e. The Morgan fingerprint density at radius 3 is 2.32 bits per heavy atom. The van der Waals surface area contributed by atoms with Crippen molar-refractivity contribution in [1.82, 2.24) is 14.0 Å². The lowest BCUT2D eigenvalue weighted by Crippen LogP contribution is -2.28. The van der Waals surface area contributed by atoms with E-state index < -0.39 is 0 Å². The van der Waals surface area contributed by atoms with Crippen molar-refractivity contribution in [3.63, 3.8) is 0 Å². The maximum Gasteiger partial charge on any atom is 0.267 e. The highest BCUT2D eigenvalue weighted by Crippen LogP contribution is 2.22. The first-order valence-corrected chi connectivity index (χ1v) is 9.63. The largest absolute Gasteiger partial charge is 0.497 e. The third kappa shape index (κ3) is 4.51. The van der Waals surface area contributed by atoms with E-state index in [9.17, 15) is 9.90 Å². The van der Waals surface area contributed by atoms with Crippen LogP contribution in [0, 0.1) is 4.77 Å². The molecule has 0 saturated heterocycles. The van der Waals surface area contributed by atoms with Crippen molar-refractivity contribution >= 4 is 18.4 Å². The highest BCUT2D eigenvalue weighted by atomic mass is 32.1. The summed E-state index contributed by atoms with van der Waals surface area (Å²) < 4.78 is 8.52. The van der Waals surface area contributed by atoms with Gasteiger partial charge in [-0.2, -0.15) is 0 Å². The number of nitrogens with zero attached hydrogens (tertiary/aromatic N) is 4. The quantitative estimate of drug-likeness (QED) is 0.541. The fourth-order valence-corrected chi connectivity index (χ4v) is 3.45. The summed E-state index contributed by atoms with van der Waals surface area (Å²) in [5, 5.41) is 10.5. The van der Waals surface area contributed by atoms with Gasteiger partial charge in [0.05, 0.1) is 19.7 Å². The lowest BCUT2D eigenvalue weighted by Gasteiger charge is -2.23. The van der Waals surface area contributed by atoms with Gasteiger partial charge in [-0.15, -0.1) is 0 Å². The summed E-state index contributed by atoms with van der Waals surface area (Å²) in [6.07, 6.45) is 1.45. The molecule has 0 amide bonds. The summed E-state index contributed by atoms with van der Waals surface area (Å²) in [5.74, 6) is 0.653. The van der Waals surface area contributed by atoms with E-state index in [4.69, 9.17) is 17.0 Å². The Hall–Kier alpha value is -2.45. The monoisotopic (exact) mass is 404 g/mol. The highest BCUT2D eigenvalue weighted by molar-refractivity contribution is 7.71. The molecule has 7 nitrogen and oxygen atoms in total. The van der Waals surface area contributed by atoms with Crippen LogP contribution in [0.2, 0.25) is 0 Å². The number of aliphatic imine (C=N–C) groups is 1. The molecule has 0 unspecified atom stereocenters. The van der Waals surface area contributed by atoms with Crippen LogP contribution >= 0.6 is 12.2 Å². The number of ether oxygens (including phenoxy) is 1. The average molecular weight is 405 g/mol. The minimum atomic E-state index is -0.329. The summed E-state index contributed by atoms with van der Waals surface area (Å²) in [5.41, 5.74) is 0.913. The van der Waals surface area contributed by atoms with Crippen molar-refractivity contribution < 1.29 is 9.84 Å². The number of hydrogen-bond donors (Lipinski definition) is 1. The Kier molecular flexibility index (Phi) is 7.53. The molecular formula is C20H28N4O3S. The second-order valence-electron chi connectivity index (χ2n) is 6.56. The van der Waals surface area contributed by atoms with Crippen LogP contribution in [0.4, 0.5) is 0 Å². The minimum Gasteiger partial charge on any atom is -0.497 e. The molecule has 28 heavy (non-hydrogen) atoms. The SMILES string of the molecule is CCn1c(O)c(C=NC[C@@H](c2ccc(OC)cc2)N(C)C)c(=O)n(CC)c1=S. The molecule has 1 atom stereocenters. The number of aromatic nitrogens is 2. The van der Waals surface area contributed by atoms with Crippen LogP contribution in [0.25, 0.3) is 0 Å². The van der Waals surface area contributed by atoms with Crippen LogP contribution in [0.3, 0.4) is 0 Å². The third-order valence-electron chi connectivity index (χ3n) is 4.69. The summed E-state index contributed by atoms with van der Waals surface area (Å²) >= 11 is 5.30. The fourth-order valence-electron chi connectivity index (χ4n) is 3.02. The maximum atomic E-state index is 12.7. The Labute approximate surface area is 170 Å². The molecule has 1 heterocycles. The zero-order chi connectivity index (χ0) is 20.8. The van der Waals surface area contributed by atoms with Crippen molar-refractivity contribution in [2.24, 2.45) is 4.99 Å². The van der Waals surface area contributed by atoms with Crippen molar-refractivity contribution in [2.45, 2.75) is 33.0 Å². The third-order valence-corrected chi connectivity index (χ3v) is 5.13. The zero-order valence-electron chi connectivity index (χ0n) is 17.0. The van der Waals surface area contributed by atoms with Crippen LogP contribution in [0.1, 0.15) is 31.0 Å². The van der Waals surface area contributed by atoms with Crippen molar-refractivity contribution in [1.29, 1.82) is 0 Å². The lowest BCUT2D eigenvalue weighted by molar-refractivity contribution is 0.306. The van der Waals surface area contributed by atoms with E-state index in [1.807, 2.05) is 52.2 Å². The van der Waals surface area contributed by atoms with Gasteiger partial charge < -0.3 is 14.7 Å². The molecule has 0 aliphatic heterocycles. The van der Waals surface area contributed by atoms with Crippen LogP contribution < -0.4 is 10.3 Å². The number of hydrogen-bond acceptors (Lipinski definition) is 6. The minimum absolute atomic E-state index is 0.0224. The summed E-state index contributed by atoms with van der Waals surface area (Å²) in [7, 11) is 5.58. The Balaban J connectivity index is 2.36. The second-order valence-corrected chi connectivity index (χ2v) is 6.93. The van der Waals surface area contributed by atoms with Gasteiger partial charge >= 0.3 is 0 Å². The van der Waals surface area contributed by atoms with E-state index in [1.165, 1.54) is 15.3 Å². The molecule has 0 bridgehead atoms. The van der Waals surface area contributed by atoms with Crippen molar-refractivity contribution in [3.8, 4) is 11.6 Å². The second kappa shape index (κ2) is 9.66. The number of benzene rings is 1. The van der Waals surface area contributed by atoms with Gasteiger partial charge in [0.15, 0.2) is 4.77 Å². The maximum absolute atomic E-state index is 12.7. The van der Waals surface area contributed by atoms with Gasteiger partial charge in [0.2, 0.25) is 5.88 Å². The van der Waals surface area contributed by atoms with E-state index in [1.54, 1.807) is 7.11 Å². The summed E-state index contributed by atoms with van der Waals surface area (Å²) in [6, 6.07) is 7.84. The molecular weight excluding hydrogens is 376 g/mol. The molecule has 1 aromatic heterocycles. The molecule has 1 N–H and O–H groups in total. The standard InChI is InChI=1S/C20H28N4O3S/c1-6-23-18(25)16(19(26)24(7-2)20(23)28)12-21-13-17(22(3)4)14-8-10-15(27-5)11-9-14/h8-12,17,25H,6-7,13H2,1-5H3/t17-/m0/s1. The zero-order valence-corrected chi connectivity index (χ0v) is 17.9. The number of methoxy groups -OCH3 is 1. The molecule has 1 aromatic carbocycles. The first-order chi connectivity index (χ1) is 13.3. The normalized spacial score (nSPS) is 12.6. The Morgan fingerprint density at radius 2 is 1.82 bits per heavy atom. The van der Waals surface area contributed by atoms with Gasteiger partial charge in [0.25, 0.3) is 5.56 Å². The molecule has 0 fully saturated rings. The molecule has 2 aromatic rings. The van der Waals surface area contributed by atoms with Crippen LogP contribution in [-0.4, -0.2) is 53.1 Å². The molecule has 8 heteroatoms. The van der Waals surface area contributed by atoms with E-state index in [-0.39, 0.29) is 23.0 Å². The van der Waals surface area contributed by atoms with Gasteiger partial charge in [-0.25, -0.2) is 0 Å². The molecule has 0 radical (unpaired) electrons. The Morgan fingerprint density at radius 1 is 1.21 bits per heavy atom. The predicted molar refractivity (Wildman–Crippen MR) is 114 cm³/mol. The first kappa shape index (κ1) is 21.8. The van der Waals surface area contributed by atoms with Gasteiger partial charge in [-0.05, 0) is 57.9 Å². The van der Waals surface area contributed by atoms with Crippen LogP contribution in [0.5, 0.6) is 11.6 Å². The molecule has 0 spiro atoms. The highest BCUT2D eigenvalue weighted by Gasteiger charge is 2.16. The first-order valence-electron chi connectivity index (χ1n) is 9.22. The average Bonchev–Trinajstić information content (AvgIpc) is 2.68. The van der Waals surface area contributed by atoms with Crippen LogP contribution in [0.15, 0.2) is 34.1 Å². The van der Waals surface area contributed by atoms with Gasteiger partial charge in [-0.3, -0.25) is 18.9 Å². The number of rotatable bonds is 8. The van der Waals surface area contributed by atoms with Gasteiger partial charge in [-0.1, -0.05) is 12.1 Å². The van der Waals surface area contributed by atoms with Crippen LogP contribution in [-0.2, 0) is 13.1 Å². The fraction of sp³-hybridized carbons (Fsp3) is 0.450.